The van der Waals surface area contributed by atoms with Gasteiger partial charge in [-0.1, -0.05) is 18.2 Å². The van der Waals surface area contributed by atoms with Crippen molar-refractivity contribution >= 4 is 0 Å². The summed E-state index contributed by atoms with van der Waals surface area (Å²) in [4.78, 5) is 0. The summed E-state index contributed by atoms with van der Waals surface area (Å²) in [6.45, 7) is -0.182. The van der Waals surface area contributed by atoms with E-state index < -0.39 is 29.4 Å². The van der Waals surface area contributed by atoms with Crippen LogP contribution in [0.2, 0.25) is 0 Å². The number of ether oxygens (including phenoxy) is 1. The van der Waals surface area contributed by atoms with Crippen LogP contribution in [-0.2, 0) is 12.4 Å². The van der Waals surface area contributed by atoms with Gasteiger partial charge in [0.2, 0.25) is 0 Å². The highest BCUT2D eigenvalue weighted by atomic mass is 19.4. The minimum atomic E-state index is -4.91. The molecule has 2 N–H and O–H groups in total. The molecule has 0 aliphatic rings. The fraction of sp³-hybridized carbons (Fsp3) is 0.294. The number of halogens is 6. The second-order valence-electron chi connectivity index (χ2n) is 5.37. The van der Waals surface area contributed by atoms with Gasteiger partial charge < -0.3 is 10.5 Å². The molecule has 8 heteroatoms. The molecule has 1 unspecified atom stereocenters. The van der Waals surface area contributed by atoms with Crippen molar-refractivity contribution < 1.29 is 31.1 Å². The lowest BCUT2D eigenvalue weighted by molar-refractivity contribution is -0.143. The van der Waals surface area contributed by atoms with Crippen molar-refractivity contribution in [3.63, 3.8) is 0 Å². The lowest BCUT2D eigenvalue weighted by atomic mass is 9.88. The molecule has 2 nitrogen and oxygen atoms in total. The van der Waals surface area contributed by atoms with Crippen LogP contribution in [0.15, 0.2) is 42.5 Å². The highest BCUT2D eigenvalue weighted by molar-refractivity contribution is 5.45. The molecule has 0 saturated heterocycles. The Hall–Kier alpha value is -2.22. The number of alkyl halides is 6. The average Bonchev–Trinajstić information content (AvgIpc) is 2.54. The van der Waals surface area contributed by atoms with Gasteiger partial charge in [-0.05, 0) is 29.8 Å². The van der Waals surface area contributed by atoms with Gasteiger partial charge in [0.1, 0.15) is 5.75 Å². The molecule has 0 saturated carbocycles. The third-order valence-corrected chi connectivity index (χ3v) is 3.76. The van der Waals surface area contributed by atoms with E-state index in [-0.39, 0.29) is 18.2 Å². The predicted octanol–water partition coefficient (Wildman–Crippen LogP) is 4.82. The van der Waals surface area contributed by atoms with Crippen LogP contribution in [0.3, 0.4) is 0 Å². The van der Waals surface area contributed by atoms with E-state index in [1.807, 2.05) is 0 Å². The van der Waals surface area contributed by atoms with Crippen molar-refractivity contribution in [2.75, 3.05) is 13.7 Å². The maximum absolute atomic E-state index is 13.0. The standard InChI is InChI=1S/C17H15F6NO/c1-25-15-5-3-2-4-13(15)14(9-24)10-6-11(16(18,19)20)8-12(7-10)17(21,22)23/h2-8,14H,9,24H2,1H3. The van der Waals surface area contributed by atoms with E-state index in [4.69, 9.17) is 10.5 Å². The van der Waals surface area contributed by atoms with Gasteiger partial charge in [0.05, 0.1) is 18.2 Å². The van der Waals surface area contributed by atoms with E-state index in [1.165, 1.54) is 7.11 Å². The van der Waals surface area contributed by atoms with Gasteiger partial charge in [0.15, 0.2) is 0 Å². The van der Waals surface area contributed by atoms with Gasteiger partial charge in [-0.25, -0.2) is 0 Å². The zero-order chi connectivity index (χ0) is 18.8. The third kappa shape index (κ3) is 4.25. The molecule has 0 amide bonds. The molecule has 0 aliphatic heterocycles. The lowest BCUT2D eigenvalue weighted by Gasteiger charge is -2.21. The number of methoxy groups -OCH3 is 1. The normalized spacial score (nSPS) is 13.6. The van der Waals surface area contributed by atoms with Crippen LogP contribution >= 0.6 is 0 Å². The van der Waals surface area contributed by atoms with E-state index in [0.29, 0.717) is 23.4 Å². The van der Waals surface area contributed by atoms with E-state index in [0.717, 1.165) is 0 Å². The maximum atomic E-state index is 13.0. The Balaban J connectivity index is 2.66. The molecule has 0 bridgehead atoms. The predicted molar refractivity (Wildman–Crippen MR) is 80.3 cm³/mol. The Morgan fingerprint density at radius 1 is 0.920 bits per heavy atom. The van der Waals surface area contributed by atoms with Crippen molar-refractivity contribution in [3.05, 3.63) is 64.7 Å². The van der Waals surface area contributed by atoms with Crippen molar-refractivity contribution in [2.45, 2.75) is 18.3 Å². The van der Waals surface area contributed by atoms with Crippen molar-refractivity contribution in [3.8, 4) is 5.75 Å². The Labute approximate surface area is 140 Å². The van der Waals surface area contributed by atoms with Crippen molar-refractivity contribution in [2.24, 2.45) is 5.73 Å². The Morgan fingerprint density at radius 3 is 1.88 bits per heavy atom. The summed E-state index contributed by atoms with van der Waals surface area (Å²) in [6, 6.07) is 7.86. The number of benzene rings is 2. The first-order chi connectivity index (χ1) is 11.6. The number of rotatable bonds is 4. The summed E-state index contributed by atoms with van der Waals surface area (Å²) in [7, 11) is 1.36. The van der Waals surface area contributed by atoms with Crippen molar-refractivity contribution in [1.29, 1.82) is 0 Å². The summed E-state index contributed by atoms with van der Waals surface area (Å²) < 4.78 is 83.3. The minimum Gasteiger partial charge on any atom is -0.496 e. The molecule has 2 aromatic rings. The molecule has 0 aromatic heterocycles. The van der Waals surface area contributed by atoms with Crippen LogP contribution in [0.4, 0.5) is 26.3 Å². The third-order valence-electron chi connectivity index (χ3n) is 3.76. The average molecular weight is 363 g/mol. The second-order valence-corrected chi connectivity index (χ2v) is 5.37. The first-order valence-electron chi connectivity index (χ1n) is 7.20. The monoisotopic (exact) mass is 363 g/mol. The molecule has 2 aromatic carbocycles. The zero-order valence-corrected chi connectivity index (χ0v) is 13.1. The van der Waals surface area contributed by atoms with Crippen LogP contribution < -0.4 is 10.5 Å². The van der Waals surface area contributed by atoms with Crippen LogP contribution in [0.1, 0.15) is 28.2 Å². The Kier molecular flexibility index (Phi) is 5.31. The summed E-state index contributed by atoms with van der Waals surface area (Å²) in [5.41, 5.74) is 3.17. The molecular formula is C17H15F6NO. The van der Waals surface area contributed by atoms with Gasteiger partial charge in [0.25, 0.3) is 0 Å². The van der Waals surface area contributed by atoms with E-state index in [1.54, 1.807) is 24.3 Å². The topological polar surface area (TPSA) is 35.2 Å². The van der Waals surface area contributed by atoms with Crippen LogP contribution in [0.5, 0.6) is 5.75 Å². The van der Waals surface area contributed by atoms with Gasteiger partial charge in [-0.15, -0.1) is 0 Å². The van der Waals surface area contributed by atoms with Crippen molar-refractivity contribution in [1.82, 2.24) is 0 Å². The smallest absolute Gasteiger partial charge is 0.416 e. The van der Waals surface area contributed by atoms with Gasteiger partial charge in [-0.2, -0.15) is 26.3 Å². The molecule has 0 spiro atoms. The fourth-order valence-electron chi connectivity index (χ4n) is 2.58. The number of hydrogen-bond donors (Lipinski definition) is 1. The summed E-state index contributed by atoms with van der Waals surface area (Å²) >= 11 is 0. The molecule has 1 atom stereocenters. The van der Waals surface area contributed by atoms with E-state index in [2.05, 4.69) is 0 Å². The highest BCUT2D eigenvalue weighted by Gasteiger charge is 2.37. The van der Waals surface area contributed by atoms with Crippen LogP contribution in [-0.4, -0.2) is 13.7 Å². The summed E-state index contributed by atoms with van der Waals surface area (Å²) in [5, 5.41) is 0. The molecule has 25 heavy (non-hydrogen) atoms. The summed E-state index contributed by atoms with van der Waals surface area (Å²) in [6.07, 6.45) is -9.81. The molecule has 0 radical (unpaired) electrons. The van der Waals surface area contributed by atoms with Crippen LogP contribution in [0.25, 0.3) is 0 Å². The minimum absolute atomic E-state index is 0.0965. The zero-order valence-electron chi connectivity index (χ0n) is 13.1. The molecule has 0 aliphatic carbocycles. The van der Waals surface area contributed by atoms with Gasteiger partial charge in [0, 0.05) is 18.0 Å². The first kappa shape index (κ1) is 19.1. The summed E-state index contributed by atoms with van der Waals surface area (Å²) in [5.74, 6) is -0.538. The van der Waals surface area contributed by atoms with Gasteiger partial charge >= 0.3 is 12.4 Å². The first-order valence-corrected chi connectivity index (χ1v) is 7.20. The Morgan fingerprint density at radius 2 is 1.44 bits per heavy atom. The molecule has 0 heterocycles. The largest absolute Gasteiger partial charge is 0.496 e. The molecular weight excluding hydrogens is 348 g/mol. The highest BCUT2D eigenvalue weighted by Crippen LogP contribution is 2.39. The van der Waals surface area contributed by atoms with Crippen LogP contribution in [0, 0.1) is 0 Å². The maximum Gasteiger partial charge on any atom is 0.416 e. The number of para-hydroxylation sites is 1. The molecule has 136 valence electrons. The number of nitrogens with two attached hydrogens (primary N) is 1. The fourth-order valence-corrected chi connectivity index (χ4v) is 2.58. The van der Waals surface area contributed by atoms with E-state index >= 15 is 0 Å². The SMILES string of the molecule is COc1ccccc1C(CN)c1cc(C(F)(F)F)cc(C(F)(F)F)c1. The lowest BCUT2D eigenvalue weighted by Crippen LogP contribution is -2.18. The number of hydrogen-bond acceptors (Lipinski definition) is 2. The second kappa shape index (κ2) is 6.95. The molecule has 2 rings (SSSR count). The molecule has 0 fully saturated rings. The van der Waals surface area contributed by atoms with E-state index in [9.17, 15) is 26.3 Å². The van der Waals surface area contributed by atoms with Gasteiger partial charge in [-0.3, -0.25) is 0 Å². The quantitative estimate of drug-likeness (QED) is 0.791. The Bertz CT molecular complexity index is 706.